The molecular weight excluding hydrogens is 1670 g/mol. The zero-order chi connectivity index (χ0) is 94.9. The second-order valence-electron chi connectivity index (χ2n) is 41.9. The van der Waals surface area contributed by atoms with Crippen LogP contribution in [0.1, 0.15) is 276 Å². The third-order valence-electron chi connectivity index (χ3n) is 32.5. The number of rotatable bonds is 24. The van der Waals surface area contributed by atoms with E-state index in [9.17, 15) is 33.9 Å². The zero-order valence-corrected chi connectivity index (χ0v) is 83.1. The van der Waals surface area contributed by atoms with Crippen molar-refractivity contribution in [3.63, 3.8) is 0 Å². The highest BCUT2D eigenvalue weighted by Gasteiger charge is 2.58. The summed E-state index contributed by atoms with van der Waals surface area (Å²) in [6.45, 7) is 38.2. The van der Waals surface area contributed by atoms with Crippen molar-refractivity contribution in [2.45, 2.75) is 284 Å². The molecule has 10 atom stereocenters. The number of hydrogen-bond acceptors (Lipinski definition) is 22. The molecular formula is C109H159N5O18. The monoisotopic (exact) mass is 1830 g/mol. The molecule has 11 fully saturated rings. The Kier molecular flexibility index (Phi) is 35.6. The molecule has 23 heteroatoms. The van der Waals surface area contributed by atoms with Gasteiger partial charge >= 0.3 is 29.8 Å². The first kappa shape index (κ1) is 103. The second kappa shape index (κ2) is 45.7. The SMILES string of the molecule is CCOC(=O)[C@]1(C)CN(C2CCC(=O)CC2)C[C@H]1c1ccc(OC)cc1.CCOC(=O)[C@]1(C)CN(C2CCC(C)(C)CC2)C[C@H]1c1ccc(OC)cc1.CCOC(=O)[C@]1(C)CN(C2CCC(C)CC2)C[C@H]1c1ccc(OC)cc1.CCOC(=O)[C@]1(C)CN(C2CCC3(CC2)OCCO3)C[C@H]1c1ccc(OC)cc1.COc1ccc([C@@H]2CN(C3CCC(C)CC3)C[C@@]2(C)C(=O)O)cc1. The molecule has 5 aliphatic carbocycles. The fraction of sp³-hybridized carbons (Fsp3) is 0.670. The number of Topliss-reactive ketones (excluding diaryl/α,β-unsaturated/α-hetero) is 1. The molecule has 5 saturated carbocycles. The molecule has 6 aliphatic heterocycles. The second-order valence-corrected chi connectivity index (χ2v) is 41.9. The maximum atomic E-state index is 13.0. The molecule has 0 aromatic heterocycles. The van der Waals surface area contributed by atoms with E-state index in [1.54, 1.807) is 35.5 Å². The van der Waals surface area contributed by atoms with Gasteiger partial charge in [-0.15, -0.1) is 0 Å². The Balaban J connectivity index is 0.000000149. The molecule has 0 bridgehead atoms. The summed E-state index contributed by atoms with van der Waals surface area (Å²) in [5.74, 6) is 5.28. The molecule has 0 unspecified atom stereocenters. The number of methoxy groups -OCH3 is 5. The van der Waals surface area contributed by atoms with Crippen LogP contribution in [0.15, 0.2) is 121 Å². The largest absolute Gasteiger partial charge is 0.497 e. The van der Waals surface area contributed by atoms with Crippen LogP contribution in [0.4, 0.5) is 0 Å². The van der Waals surface area contributed by atoms with Crippen LogP contribution in [-0.2, 0) is 57.2 Å². The lowest BCUT2D eigenvalue weighted by atomic mass is 9.75. The van der Waals surface area contributed by atoms with Crippen molar-refractivity contribution in [1.29, 1.82) is 0 Å². The molecule has 5 aromatic carbocycles. The van der Waals surface area contributed by atoms with Gasteiger partial charge in [-0.1, -0.05) is 88.4 Å². The Morgan fingerprint density at radius 2 is 0.545 bits per heavy atom. The first-order valence-corrected chi connectivity index (χ1v) is 49.8. The lowest BCUT2D eigenvalue weighted by Gasteiger charge is -2.39. The number of nitrogens with zero attached hydrogens (tertiary/aromatic N) is 5. The van der Waals surface area contributed by atoms with Crippen molar-refractivity contribution in [2.75, 3.05) is 141 Å². The molecule has 5 aromatic rings. The summed E-state index contributed by atoms with van der Waals surface area (Å²) in [6, 6.07) is 43.0. The number of benzene rings is 5. The van der Waals surface area contributed by atoms with Gasteiger partial charge in [-0.25, -0.2) is 0 Å². The van der Waals surface area contributed by atoms with E-state index in [0.717, 1.165) is 143 Å². The topological polar surface area (TPSA) is 240 Å². The lowest BCUT2D eigenvalue weighted by Crippen LogP contribution is -2.44. The van der Waals surface area contributed by atoms with Gasteiger partial charge in [-0.05, 0) is 271 Å². The highest BCUT2D eigenvalue weighted by Crippen LogP contribution is 2.54. The average molecular weight is 1830 g/mol. The number of aliphatic carboxylic acids is 1. The van der Waals surface area contributed by atoms with E-state index < -0.39 is 33.0 Å². The molecule has 0 radical (unpaired) electrons. The van der Waals surface area contributed by atoms with Crippen LogP contribution in [-0.4, -0.2) is 242 Å². The fourth-order valence-electron chi connectivity index (χ4n) is 23.8. The normalized spacial score (nSPS) is 30.9. The number of carbonyl (C=O) groups is 6. The van der Waals surface area contributed by atoms with E-state index in [1.807, 2.05) is 114 Å². The lowest BCUT2D eigenvalue weighted by molar-refractivity contribution is -0.183. The number of carboxylic acids is 1. The van der Waals surface area contributed by atoms with Gasteiger partial charge in [-0.3, -0.25) is 53.3 Å². The van der Waals surface area contributed by atoms with Crippen LogP contribution < -0.4 is 23.7 Å². The predicted octanol–water partition coefficient (Wildman–Crippen LogP) is 19.2. The molecule has 6 heterocycles. The summed E-state index contributed by atoms with van der Waals surface area (Å²) in [5, 5.41) is 9.91. The van der Waals surface area contributed by atoms with Gasteiger partial charge in [0.2, 0.25) is 0 Å². The highest BCUT2D eigenvalue weighted by molar-refractivity contribution is 5.82. The number of esters is 4. The summed E-state index contributed by atoms with van der Waals surface area (Å²) in [4.78, 5) is 87.7. The van der Waals surface area contributed by atoms with Gasteiger partial charge in [0.1, 0.15) is 34.5 Å². The Hall–Kier alpha value is -8.16. The smallest absolute Gasteiger partial charge is 0.313 e. The molecule has 1 N–H and O–H groups in total. The Morgan fingerprint density at radius 1 is 0.326 bits per heavy atom. The average Bonchev–Trinajstić information content (AvgIpc) is 1.62. The van der Waals surface area contributed by atoms with Gasteiger partial charge in [0.25, 0.3) is 0 Å². The number of hydrogen-bond donors (Lipinski definition) is 1. The Labute approximate surface area is 788 Å². The van der Waals surface area contributed by atoms with Crippen LogP contribution in [0.3, 0.4) is 0 Å². The third-order valence-corrected chi connectivity index (χ3v) is 32.5. The van der Waals surface area contributed by atoms with Crippen molar-refractivity contribution in [1.82, 2.24) is 24.5 Å². The standard InChI is InChI=1S/C23H33NO5.C23H35NO3.C22H33NO3.C21H29NO4.C20H29NO3/c1-4-27-21(25)22(2)16-24(15-20(22)17-5-7-19(26-3)8-6-17)18-9-11-23(12-10-18)28-13-14-29-23;1-6-27-21(25)23(4)16-24(18-11-13-22(2,3)14-12-18)15-20(23)17-7-9-19(26-5)10-8-17;1-5-26-21(24)22(3)15-23(18-10-6-16(2)7-11-18)14-20(22)17-8-12-19(25-4)13-9-17;1-4-26-20(24)21(2)14-22(16-7-9-17(23)10-8-16)13-19(21)15-5-11-18(25-3)12-6-15;1-14-4-8-16(9-5-14)21-12-18(20(2,13-21)19(22)23)15-6-10-17(24-3)11-7-15/h5-8,18,20H,4,9-16H2,1-3H3;7-10,18,20H,6,11-16H2,1-5H3;8-9,12-13,16,18,20H,5-7,10-11,14-15H2,1-4H3;5-6,11-12,16,19H,4,7-10,13-14H2,1-3H3;6-7,10-11,14,16,18H,4-5,8-9,12-13H2,1-3H3,(H,22,23)/t20-,22+;20-,23+;16?,18?,20-,22+;19-,21+;14?,16?,18-,20+/m00000/s1. The third kappa shape index (κ3) is 24.1. The minimum absolute atomic E-state index is 0.0280. The summed E-state index contributed by atoms with van der Waals surface area (Å²) >= 11 is 0. The maximum absolute atomic E-state index is 13.0. The molecule has 132 heavy (non-hydrogen) atoms. The molecule has 6 saturated heterocycles. The van der Waals surface area contributed by atoms with Crippen LogP contribution in [0.2, 0.25) is 0 Å². The fourth-order valence-corrected chi connectivity index (χ4v) is 23.8. The van der Waals surface area contributed by atoms with E-state index in [4.69, 9.17) is 52.1 Å². The van der Waals surface area contributed by atoms with Crippen molar-refractivity contribution in [3.05, 3.63) is 149 Å². The first-order valence-electron chi connectivity index (χ1n) is 49.8. The van der Waals surface area contributed by atoms with Gasteiger partial charge in [0.15, 0.2) is 5.79 Å². The van der Waals surface area contributed by atoms with E-state index in [-0.39, 0.29) is 59.3 Å². The van der Waals surface area contributed by atoms with Crippen molar-refractivity contribution < 1.29 is 86.0 Å². The van der Waals surface area contributed by atoms with Crippen LogP contribution in [0.25, 0.3) is 0 Å². The number of ketones is 1. The van der Waals surface area contributed by atoms with Crippen molar-refractivity contribution >= 4 is 35.6 Å². The summed E-state index contributed by atoms with van der Waals surface area (Å²) < 4.78 is 60.1. The minimum Gasteiger partial charge on any atom is -0.497 e. The summed E-state index contributed by atoms with van der Waals surface area (Å²) in [6.07, 6.45) is 22.0. The molecule has 728 valence electrons. The molecule has 1 spiro atoms. The summed E-state index contributed by atoms with van der Waals surface area (Å²) in [5.41, 5.74) is 3.41. The van der Waals surface area contributed by atoms with E-state index >= 15 is 0 Å². The van der Waals surface area contributed by atoms with E-state index in [0.29, 0.717) is 107 Å². The van der Waals surface area contributed by atoms with E-state index in [2.05, 4.69) is 121 Å². The van der Waals surface area contributed by atoms with E-state index in [1.165, 1.54) is 93.7 Å². The Bertz CT molecular complexity index is 4500. The number of carboxylic acid groups (broad SMARTS) is 1. The zero-order valence-electron chi connectivity index (χ0n) is 83.1. The van der Waals surface area contributed by atoms with Gasteiger partial charge < -0.3 is 57.2 Å². The van der Waals surface area contributed by atoms with Crippen LogP contribution >= 0.6 is 0 Å². The van der Waals surface area contributed by atoms with Crippen LogP contribution in [0.5, 0.6) is 28.7 Å². The van der Waals surface area contributed by atoms with Crippen molar-refractivity contribution in [3.8, 4) is 28.7 Å². The summed E-state index contributed by atoms with van der Waals surface area (Å²) in [7, 11) is 8.33. The molecule has 16 rings (SSSR count). The molecule has 0 amide bonds. The van der Waals surface area contributed by atoms with Gasteiger partial charge in [0, 0.05) is 151 Å². The van der Waals surface area contributed by atoms with Crippen molar-refractivity contribution in [2.24, 2.45) is 44.3 Å². The number of carbonyl (C=O) groups excluding carboxylic acids is 5. The minimum atomic E-state index is -0.725. The quantitative estimate of drug-likeness (QED) is 0.0446. The first-order chi connectivity index (χ1) is 63.2. The van der Waals surface area contributed by atoms with Gasteiger partial charge in [-0.2, -0.15) is 0 Å². The Morgan fingerprint density at radius 3 is 0.780 bits per heavy atom. The molecule has 11 aliphatic rings. The number of likely N-dealkylation sites (tertiary alicyclic amines) is 5. The van der Waals surface area contributed by atoms with Gasteiger partial charge in [0.05, 0.1) is 102 Å². The predicted molar refractivity (Wildman–Crippen MR) is 514 cm³/mol. The molecule has 23 nitrogen and oxygen atoms in total. The van der Waals surface area contributed by atoms with Crippen LogP contribution in [0, 0.1) is 44.3 Å². The number of ether oxygens (including phenoxy) is 11. The highest BCUT2D eigenvalue weighted by atomic mass is 16.7. The maximum Gasteiger partial charge on any atom is 0.313 e.